The van der Waals surface area contributed by atoms with Crippen LogP contribution >= 0.6 is 0 Å². The van der Waals surface area contributed by atoms with E-state index in [9.17, 15) is 0 Å². The number of hydrogen-bond acceptors (Lipinski definition) is 0. The van der Waals surface area contributed by atoms with Crippen molar-refractivity contribution in [3.63, 3.8) is 0 Å². The van der Waals surface area contributed by atoms with Crippen molar-refractivity contribution in [2.24, 2.45) is 0 Å². The molecule has 0 amide bonds. The molecule has 0 N–H and O–H groups in total. The van der Waals surface area contributed by atoms with Gasteiger partial charge in [0, 0.05) is 0 Å². The monoisotopic (exact) mass is 308 g/mol. The molecule has 4 aromatic rings. The van der Waals surface area contributed by atoms with Crippen molar-refractivity contribution in [3.05, 3.63) is 120 Å². The molecular weight excluding hydrogens is 288 g/mol. The molecule has 0 aliphatic heterocycles. The highest BCUT2D eigenvalue weighted by molar-refractivity contribution is 5.92. The topological polar surface area (TPSA) is 0 Å². The van der Waals surface area contributed by atoms with Crippen LogP contribution in [0.5, 0.6) is 0 Å². The highest BCUT2D eigenvalue weighted by atomic mass is 14.0. The van der Waals surface area contributed by atoms with Crippen LogP contribution in [0.4, 0.5) is 0 Å². The molecule has 0 saturated carbocycles. The summed E-state index contributed by atoms with van der Waals surface area (Å²) in [5.74, 6) is 0. The van der Waals surface area contributed by atoms with Gasteiger partial charge in [0.15, 0.2) is 0 Å². The molecule has 0 spiro atoms. The summed E-state index contributed by atoms with van der Waals surface area (Å²) in [5.41, 5.74) is 2.49. The Balaban J connectivity index is 0.000000238. The molecule has 4 aromatic carbocycles. The van der Waals surface area contributed by atoms with E-state index >= 15 is 0 Å². The first kappa shape index (κ1) is 15.8. The Morgan fingerprint density at radius 1 is 0.417 bits per heavy atom. The Labute approximate surface area is 143 Å². The van der Waals surface area contributed by atoms with Gasteiger partial charge in [-0.2, -0.15) is 0 Å². The maximum atomic E-state index is 2.18. The van der Waals surface area contributed by atoms with E-state index in [1.54, 1.807) is 0 Å². The normalized spacial score (nSPS) is 10.3. The van der Waals surface area contributed by atoms with Gasteiger partial charge in [-0.3, -0.25) is 0 Å². The fourth-order valence-corrected chi connectivity index (χ4v) is 2.53. The summed E-state index contributed by atoms with van der Waals surface area (Å²) >= 11 is 0. The molecule has 116 valence electrons. The van der Waals surface area contributed by atoms with Gasteiger partial charge in [-0.25, -0.2) is 0 Å². The fraction of sp³-hybridized carbons (Fsp3) is 0. The van der Waals surface area contributed by atoms with Crippen LogP contribution in [0.2, 0.25) is 0 Å². The van der Waals surface area contributed by atoms with Gasteiger partial charge in [0.05, 0.1) is 0 Å². The van der Waals surface area contributed by atoms with E-state index in [0.29, 0.717) is 0 Å². The van der Waals surface area contributed by atoms with Gasteiger partial charge in [-0.05, 0) is 21.9 Å². The first-order valence-corrected chi connectivity index (χ1v) is 8.14. The van der Waals surface area contributed by atoms with Crippen molar-refractivity contribution < 1.29 is 0 Å². The molecule has 0 saturated heterocycles. The Kier molecular flexibility index (Phi) is 5.58. The van der Waals surface area contributed by atoms with E-state index in [4.69, 9.17) is 0 Å². The molecule has 0 heterocycles. The highest BCUT2D eigenvalue weighted by Gasteiger charge is 1.95. The Morgan fingerprint density at radius 3 is 1.67 bits per heavy atom. The number of rotatable bonds is 2. The minimum Gasteiger partial charge on any atom is -0.0623 e. The molecule has 0 nitrogen and oxygen atoms in total. The smallest absolute Gasteiger partial charge is 0.0111 e. The number of hydrogen-bond donors (Lipinski definition) is 0. The maximum Gasteiger partial charge on any atom is -0.0111 e. The fourth-order valence-electron chi connectivity index (χ4n) is 2.53. The van der Waals surface area contributed by atoms with Gasteiger partial charge in [-0.1, -0.05) is 121 Å². The summed E-state index contributed by atoms with van der Waals surface area (Å²) < 4.78 is 0. The summed E-state index contributed by atoms with van der Waals surface area (Å²) in [6, 6.07) is 37.3. The van der Waals surface area contributed by atoms with E-state index in [2.05, 4.69) is 78.9 Å². The second-order valence-corrected chi connectivity index (χ2v) is 5.47. The molecule has 0 radical (unpaired) electrons. The molecule has 0 unspecified atom stereocenters. The van der Waals surface area contributed by atoms with Crippen LogP contribution < -0.4 is 0 Å². The van der Waals surface area contributed by atoms with Crippen LogP contribution in [-0.2, 0) is 0 Å². The van der Waals surface area contributed by atoms with Crippen LogP contribution in [-0.4, -0.2) is 0 Å². The predicted molar refractivity (Wildman–Crippen MR) is 106 cm³/mol. The van der Waals surface area contributed by atoms with Crippen molar-refractivity contribution in [1.29, 1.82) is 0 Å². The van der Waals surface area contributed by atoms with Crippen LogP contribution in [0, 0.1) is 0 Å². The quantitative estimate of drug-likeness (QED) is 0.362. The second-order valence-electron chi connectivity index (χ2n) is 5.47. The summed E-state index contributed by atoms with van der Waals surface area (Å²) in [5, 5.41) is 2.58. The molecule has 0 fully saturated rings. The average Bonchev–Trinajstić information content (AvgIpc) is 2.69. The van der Waals surface area contributed by atoms with Crippen molar-refractivity contribution in [3.8, 4) is 0 Å². The van der Waals surface area contributed by atoms with Crippen LogP contribution in [0.15, 0.2) is 109 Å². The van der Waals surface area contributed by atoms with Gasteiger partial charge >= 0.3 is 0 Å². The van der Waals surface area contributed by atoms with Gasteiger partial charge in [-0.15, -0.1) is 0 Å². The van der Waals surface area contributed by atoms with Crippen molar-refractivity contribution in [1.82, 2.24) is 0 Å². The lowest BCUT2D eigenvalue weighted by Crippen LogP contribution is -1.77. The maximum absolute atomic E-state index is 2.18. The third kappa shape index (κ3) is 4.44. The Morgan fingerprint density at radius 2 is 0.958 bits per heavy atom. The zero-order valence-electron chi connectivity index (χ0n) is 13.5. The molecule has 0 bridgehead atoms. The van der Waals surface area contributed by atoms with Gasteiger partial charge in [0.1, 0.15) is 0 Å². The lowest BCUT2D eigenvalue weighted by atomic mass is 10.0. The molecule has 0 aromatic heterocycles. The molecule has 4 rings (SSSR count). The van der Waals surface area contributed by atoms with E-state index < -0.39 is 0 Å². The summed E-state index contributed by atoms with van der Waals surface area (Å²) in [7, 11) is 0. The first-order valence-electron chi connectivity index (χ1n) is 8.14. The van der Waals surface area contributed by atoms with Gasteiger partial charge in [0.2, 0.25) is 0 Å². The summed E-state index contributed by atoms with van der Waals surface area (Å²) in [6.45, 7) is 0. The van der Waals surface area contributed by atoms with Crippen LogP contribution in [0.1, 0.15) is 11.1 Å². The van der Waals surface area contributed by atoms with Gasteiger partial charge < -0.3 is 0 Å². The van der Waals surface area contributed by atoms with E-state index in [1.807, 2.05) is 42.5 Å². The zero-order valence-corrected chi connectivity index (χ0v) is 13.5. The van der Waals surface area contributed by atoms with E-state index in [0.717, 1.165) is 0 Å². The molecular formula is C24H20. The standard InChI is InChI=1S/C18H14.C6H6/c1-2-7-15(8-3-1)13-14-17-11-6-10-16-9-4-5-12-18(16)17;1-2-4-6-5-3-1/h1-14H;1-6H/b14-13-;. The molecule has 0 aliphatic carbocycles. The lowest BCUT2D eigenvalue weighted by Gasteiger charge is -2.01. The molecule has 0 atom stereocenters. The predicted octanol–water partition coefficient (Wildman–Crippen LogP) is 6.70. The first-order chi connectivity index (χ1) is 11.9. The van der Waals surface area contributed by atoms with E-state index in [-0.39, 0.29) is 0 Å². The SMILES string of the molecule is C(=C/c1cccc2ccccc12)/c1ccccc1.c1ccccc1. The summed E-state index contributed by atoms with van der Waals surface area (Å²) in [4.78, 5) is 0. The number of fused-ring (bicyclic) bond motifs is 1. The third-order valence-corrected chi connectivity index (χ3v) is 3.74. The van der Waals surface area contributed by atoms with E-state index in [1.165, 1.54) is 21.9 Å². The average molecular weight is 308 g/mol. The van der Waals surface area contributed by atoms with Crippen LogP contribution in [0.3, 0.4) is 0 Å². The highest BCUT2D eigenvalue weighted by Crippen LogP contribution is 2.20. The second kappa shape index (κ2) is 8.50. The molecule has 0 heteroatoms. The van der Waals surface area contributed by atoms with Crippen molar-refractivity contribution in [2.75, 3.05) is 0 Å². The summed E-state index contributed by atoms with van der Waals surface area (Å²) in [6.07, 6.45) is 4.33. The molecule has 0 aliphatic rings. The van der Waals surface area contributed by atoms with Crippen molar-refractivity contribution >= 4 is 22.9 Å². The molecule has 24 heavy (non-hydrogen) atoms. The van der Waals surface area contributed by atoms with Crippen molar-refractivity contribution in [2.45, 2.75) is 0 Å². The number of benzene rings is 4. The minimum atomic E-state index is 1.23. The minimum absolute atomic E-state index is 1.23. The largest absolute Gasteiger partial charge is 0.0623 e. The van der Waals surface area contributed by atoms with Gasteiger partial charge in [0.25, 0.3) is 0 Å². The third-order valence-electron chi connectivity index (χ3n) is 3.74. The zero-order chi connectivity index (χ0) is 16.5. The Hall–Kier alpha value is -3.12. The Bertz CT molecular complexity index is 858. The van der Waals surface area contributed by atoms with Crippen LogP contribution in [0.25, 0.3) is 22.9 Å². The lowest BCUT2D eigenvalue weighted by molar-refractivity contribution is 1.66.